The summed E-state index contributed by atoms with van der Waals surface area (Å²) in [6.07, 6.45) is 2.11. The Labute approximate surface area is 103 Å². The quantitative estimate of drug-likeness (QED) is 0.843. The molecule has 0 spiro atoms. The van der Waals surface area contributed by atoms with E-state index < -0.39 is 0 Å². The number of aliphatic hydroxyl groups excluding tert-OH is 1. The lowest BCUT2D eigenvalue weighted by Gasteiger charge is -2.27. The molecule has 3 heteroatoms. The van der Waals surface area contributed by atoms with Gasteiger partial charge in [-0.25, -0.2) is 0 Å². The fraction of sp³-hybridized carbons (Fsp3) is 0.571. The maximum Gasteiger partial charge on any atom is 0.120 e. The summed E-state index contributed by atoms with van der Waals surface area (Å²) < 4.78 is 5.72. The van der Waals surface area contributed by atoms with Gasteiger partial charge in [0.2, 0.25) is 0 Å². The SMILES string of the molecule is CC(C)Oc1ccc2c(c1)C(CCO)CCN2. The number of anilines is 1. The number of rotatable bonds is 4. The minimum Gasteiger partial charge on any atom is -0.491 e. The maximum absolute atomic E-state index is 9.11. The Morgan fingerprint density at radius 2 is 2.29 bits per heavy atom. The molecule has 0 radical (unpaired) electrons. The molecule has 0 fully saturated rings. The molecule has 0 saturated carbocycles. The molecule has 0 amide bonds. The molecule has 17 heavy (non-hydrogen) atoms. The van der Waals surface area contributed by atoms with E-state index in [2.05, 4.69) is 17.4 Å². The minimum absolute atomic E-state index is 0.195. The van der Waals surface area contributed by atoms with Crippen LogP contribution in [0.25, 0.3) is 0 Å². The second-order valence-corrected chi connectivity index (χ2v) is 4.84. The summed E-state index contributed by atoms with van der Waals surface area (Å²) in [6.45, 7) is 5.30. The number of hydrogen-bond acceptors (Lipinski definition) is 3. The Balaban J connectivity index is 2.24. The second kappa shape index (κ2) is 5.41. The van der Waals surface area contributed by atoms with Gasteiger partial charge in [0.05, 0.1) is 6.10 Å². The van der Waals surface area contributed by atoms with Gasteiger partial charge in [-0.3, -0.25) is 0 Å². The normalized spacial score (nSPS) is 18.7. The molecule has 1 unspecified atom stereocenters. The number of aliphatic hydroxyl groups is 1. The van der Waals surface area contributed by atoms with Crippen molar-refractivity contribution in [1.29, 1.82) is 0 Å². The number of nitrogens with one attached hydrogen (secondary N) is 1. The summed E-state index contributed by atoms with van der Waals surface area (Å²) in [5.41, 5.74) is 2.47. The van der Waals surface area contributed by atoms with Crippen LogP contribution in [0.5, 0.6) is 5.75 Å². The molecule has 1 aliphatic rings. The first-order valence-corrected chi connectivity index (χ1v) is 6.36. The Hall–Kier alpha value is -1.22. The van der Waals surface area contributed by atoms with Crippen molar-refractivity contribution in [3.8, 4) is 5.75 Å². The van der Waals surface area contributed by atoms with Crippen molar-refractivity contribution >= 4 is 5.69 Å². The Kier molecular flexibility index (Phi) is 3.89. The van der Waals surface area contributed by atoms with E-state index in [9.17, 15) is 0 Å². The van der Waals surface area contributed by atoms with Crippen LogP contribution in [0.15, 0.2) is 18.2 Å². The van der Waals surface area contributed by atoms with Gasteiger partial charge in [0, 0.05) is 18.8 Å². The van der Waals surface area contributed by atoms with Crippen LogP contribution in [-0.4, -0.2) is 24.4 Å². The van der Waals surface area contributed by atoms with Crippen molar-refractivity contribution in [2.75, 3.05) is 18.5 Å². The third-order valence-corrected chi connectivity index (χ3v) is 3.12. The molecule has 0 bridgehead atoms. The highest BCUT2D eigenvalue weighted by molar-refractivity contribution is 5.57. The van der Waals surface area contributed by atoms with Crippen molar-refractivity contribution in [3.63, 3.8) is 0 Å². The highest BCUT2D eigenvalue weighted by atomic mass is 16.5. The standard InChI is InChI=1S/C14H21NO2/c1-10(2)17-12-3-4-14-13(9-12)11(6-8-16)5-7-15-14/h3-4,9-11,15-16H,5-8H2,1-2H3. The number of fused-ring (bicyclic) bond motifs is 1. The second-order valence-electron chi connectivity index (χ2n) is 4.84. The zero-order valence-corrected chi connectivity index (χ0v) is 10.6. The molecule has 2 N–H and O–H groups in total. The van der Waals surface area contributed by atoms with E-state index in [4.69, 9.17) is 9.84 Å². The monoisotopic (exact) mass is 235 g/mol. The van der Waals surface area contributed by atoms with Crippen molar-refractivity contribution in [1.82, 2.24) is 0 Å². The van der Waals surface area contributed by atoms with Gasteiger partial charge in [-0.2, -0.15) is 0 Å². The minimum atomic E-state index is 0.195. The fourth-order valence-corrected chi connectivity index (χ4v) is 2.38. The third-order valence-electron chi connectivity index (χ3n) is 3.12. The lowest BCUT2D eigenvalue weighted by atomic mass is 9.88. The molecule has 1 heterocycles. The van der Waals surface area contributed by atoms with Crippen LogP contribution >= 0.6 is 0 Å². The van der Waals surface area contributed by atoms with Crippen LogP contribution in [-0.2, 0) is 0 Å². The van der Waals surface area contributed by atoms with E-state index >= 15 is 0 Å². The maximum atomic E-state index is 9.11. The van der Waals surface area contributed by atoms with Gasteiger partial charge in [0.25, 0.3) is 0 Å². The predicted molar refractivity (Wildman–Crippen MR) is 69.8 cm³/mol. The fourth-order valence-electron chi connectivity index (χ4n) is 2.38. The summed E-state index contributed by atoms with van der Waals surface area (Å²) in [5, 5.41) is 12.5. The van der Waals surface area contributed by atoms with Gasteiger partial charge in [0.1, 0.15) is 5.75 Å². The smallest absolute Gasteiger partial charge is 0.120 e. The summed E-state index contributed by atoms with van der Waals surface area (Å²) in [6, 6.07) is 6.20. The molecular formula is C14H21NO2. The van der Waals surface area contributed by atoms with Crippen molar-refractivity contribution in [2.45, 2.75) is 38.7 Å². The molecule has 0 aromatic heterocycles. The summed E-state index contributed by atoms with van der Waals surface area (Å²) in [7, 11) is 0. The zero-order chi connectivity index (χ0) is 12.3. The van der Waals surface area contributed by atoms with Crippen molar-refractivity contribution in [3.05, 3.63) is 23.8 Å². The van der Waals surface area contributed by atoms with Crippen LogP contribution in [0.1, 0.15) is 38.2 Å². The molecule has 2 rings (SSSR count). The first kappa shape index (κ1) is 12.2. The van der Waals surface area contributed by atoms with Crippen LogP contribution < -0.4 is 10.1 Å². The largest absolute Gasteiger partial charge is 0.491 e. The number of benzene rings is 1. The van der Waals surface area contributed by atoms with Crippen LogP contribution in [0.4, 0.5) is 5.69 Å². The third kappa shape index (κ3) is 2.91. The topological polar surface area (TPSA) is 41.5 Å². The Morgan fingerprint density at radius 1 is 1.47 bits per heavy atom. The van der Waals surface area contributed by atoms with Gasteiger partial charge >= 0.3 is 0 Å². The van der Waals surface area contributed by atoms with E-state index in [-0.39, 0.29) is 12.7 Å². The van der Waals surface area contributed by atoms with E-state index in [1.165, 1.54) is 11.3 Å². The molecule has 94 valence electrons. The lowest BCUT2D eigenvalue weighted by molar-refractivity contribution is 0.241. The van der Waals surface area contributed by atoms with E-state index in [0.29, 0.717) is 5.92 Å². The zero-order valence-electron chi connectivity index (χ0n) is 10.6. The molecule has 1 atom stereocenters. The van der Waals surface area contributed by atoms with Gasteiger partial charge in [-0.1, -0.05) is 0 Å². The Bertz CT molecular complexity index is 376. The van der Waals surface area contributed by atoms with Crippen molar-refractivity contribution in [2.24, 2.45) is 0 Å². The molecule has 0 aliphatic carbocycles. The summed E-state index contributed by atoms with van der Waals surface area (Å²) >= 11 is 0. The van der Waals surface area contributed by atoms with E-state index in [0.717, 1.165) is 25.1 Å². The summed E-state index contributed by atoms with van der Waals surface area (Å²) in [4.78, 5) is 0. The highest BCUT2D eigenvalue weighted by Crippen LogP contribution is 2.36. The molecule has 1 aromatic rings. The Morgan fingerprint density at radius 3 is 3.00 bits per heavy atom. The average Bonchev–Trinajstić information content (AvgIpc) is 2.29. The number of hydrogen-bond donors (Lipinski definition) is 2. The molecule has 1 aromatic carbocycles. The van der Waals surface area contributed by atoms with Gasteiger partial charge in [0.15, 0.2) is 0 Å². The van der Waals surface area contributed by atoms with Gasteiger partial charge in [-0.05, 0) is 56.4 Å². The van der Waals surface area contributed by atoms with Gasteiger partial charge < -0.3 is 15.2 Å². The van der Waals surface area contributed by atoms with E-state index in [1.807, 2.05) is 19.9 Å². The van der Waals surface area contributed by atoms with E-state index in [1.54, 1.807) is 0 Å². The number of ether oxygens (including phenoxy) is 1. The molecule has 3 nitrogen and oxygen atoms in total. The van der Waals surface area contributed by atoms with Crippen LogP contribution in [0, 0.1) is 0 Å². The van der Waals surface area contributed by atoms with Crippen molar-refractivity contribution < 1.29 is 9.84 Å². The first-order valence-electron chi connectivity index (χ1n) is 6.36. The van der Waals surface area contributed by atoms with Crippen LogP contribution in [0.2, 0.25) is 0 Å². The molecule has 0 saturated heterocycles. The predicted octanol–water partition coefficient (Wildman–Crippen LogP) is 2.76. The van der Waals surface area contributed by atoms with Crippen LogP contribution in [0.3, 0.4) is 0 Å². The molecular weight excluding hydrogens is 214 g/mol. The average molecular weight is 235 g/mol. The molecule has 1 aliphatic heterocycles. The summed E-state index contributed by atoms with van der Waals surface area (Å²) in [5.74, 6) is 1.37. The highest BCUT2D eigenvalue weighted by Gasteiger charge is 2.20. The first-order chi connectivity index (χ1) is 8.20. The lowest BCUT2D eigenvalue weighted by Crippen LogP contribution is -2.18. The van der Waals surface area contributed by atoms with Gasteiger partial charge in [-0.15, -0.1) is 0 Å².